The molecule has 0 bridgehead atoms. The molecule has 1 rings (SSSR count). The maximum Gasteiger partial charge on any atom is 0.251 e. The number of carbonyl (C=O) groups excluding carboxylic acids is 1. The Balaban J connectivity index is 2.90. The van der Waals surface area contributed by atoms with Gasteiger partial charge in [-0.1, -0.05) is 0 Å². The fourth-order valence-electron chi connectivity index (χ4n) is 1.37. The lowest BCUT2D eigenvalue weighted by Crippen LogP contribution is -2.57. The highest BCUT2D eigenvalue weighted by Gasteiger charge is 2.30. The average Bonchev–Trinajstić information content (AvgIpc) is 2.39. The second-order valence-corrected chi connectivity index (χ2v) is 4.17. The summed E-state index contributed by atoms with van der Waals surface area (Å²) < 4.78 is 13.0. The molecule has 4 N–H and O–H groups in total. The topological polar surface area (TPSA) is 89.8 Å². The standard InChI is InChI=1S/C12H16FNO4/c1-8-4-9(2-3-10(8)13)11(18)14-12(5-15,6-16)7-17/h2-4,15-17H,5-7H2,1H3,(H,14,18). The quantitative estimate of drug-likeness (QED) is 0.577. The Morgan fingerprint density at radius 3 is 2.28 bits per heavy atom. The van der Waals surface area contributed by atoms with Gasteiger partial charge in [-0.05, 0) is 30.7 Å². The molecule has 0 aromatic heterocycles. The number of rotatable bonds is 5. The van der Waals surface area contributed by atoms with Crippen molar-refractivity contribution in [2.45, 2.75) is 12.5 Å². The summed E-state index contributed by atoms with van der Waals surface area (Å²) in [5.74, 6) is -1.03. The first-order valence-corrected chi connectivity index (χ1v) is 5.39. The minimum Gasteiger partial charge on any atom is -0.394 e. The molecule has 0 saturated heterocycles. The normalized spacial score (nSPS) is 11.4. The summed E-state index contributed by atoms with van der Waals surface area (Å²) in [4.78, 5) is 11.8. The summed E-state index contributed by atoms with van der Waals surface area (Å²) in [5, 5.41) is 29.6. The van der Waals surface area contributed by atoms with E-state index in [1.54, 1.807) is 0 Å². The third-order valence-electron chi connectivity index (χ3n) is 2.71. The van der Waals surface area contributed by atoms with E-state index in [0.717, 1.165) is 6.07 Å². The van der Waals surface area contributed by atoms with Crippen molar-refractivity contribution >= 4 is 5.91 Å². The monoisotopic (exact) mass is 257 g/mol. The van der Waals surface area contributed by atoms with E-state index in [2.05, 4.69) is 5.32 Å². The molecule has 6 heteroatoms. The predicted octanol–water partition coefficient (Wildman–Crippen LogP) is -0.420. The fourth-order valence-corrected chi connectivity index (χ4v) is 1.37. The van der Waals surface area contributed by atoms with Gasteiger partial charge in [0, 0.05) is 5.56 Å². The van der Waals surface area contributed by atoms with Gasteiger partial charge in [0.1, 0.15) is 11.4 Å². The minimum atomic E-state index is -1.49. The molecular weight excluding hydrogens is 241 g/mol. The van der Waals surface area contributed by atoms with Gasteiger partial charge in [-0.25, -0.2) is 4.39 Å². The molecule has 0 aliphatic carbocycles. The maximum absolute atomic E-state index is 13.0. The number of hydrogen-bond donors (Lipinski definition) is 4. The first kappa shape index (κ1) is 14.6. The Hall–Kier alpha value is -1.50. The summed E-state index contributed by atoms with van der Waals surface area (Å²) >= 11 is 0. The van der Waals surface area contributed by atoms with Gasteiger partial charge < -0.3 is 20.6 Å². The van der Waals surface area contributed by atoms with Crippen molar-refractivity contribution in [1.82, 2.24) is 5.32 Å². The lowest BCUT2D eigenvalue weighted by molar-refractivity contribution is 0.0375. The molecule has 0 heterocycles. The summed E-state index contributed by atoms with van der Waals surface area (Å²) in [6.07, 6.45) is 0. The molecule has 0 spiro atoms. The summed E-state index contributed by atoms with van der Waals surface area (Å²) in [6.45, 7) is -0.298. The number of aliphatic hydroxyl groups excluding tert-OH is 3. The van der Waals surface area contributed by atoms with Crippen molar-refractivity contribution in [2.24, 2.45) is 0 Å². The van der Waals surface area contributed by atoms with Gasteiger partial charge in [-0.2, -0.15) is 0 Å². The molecule has 0 fully saturated rings. The van der Waals surface area contributed by atoms with Gasteiger partial charge in [0.15, 0.2) is 0 Å². The van der Waals surface area contributed by atoms with Gasteiger partial charge >= 0.3 is 0 Å². The molecule has 1 amide bonds. The van der Waals surface area contributed by atoms with Crippen molar-refractivity contribution in [3.8, 4) is 0 Å². The van der Waals surface area contributed by atoms with Crippen molar-refractivity contribution in [3.63, 3.8) is 0 Å². The molecule has 1 aromatic rings. The lowest BCUT2D eigenvalue weighted by atomic mass is 10.0. The summed E-state index contributed by atoms with van der Waals surface area (Å²) in [7, 11) is 0. The Labute approximate surface area is 104 Å². The maximum atomic E-state index is 13.0. The van der Waals surface area contributed by atoms with Gasteiger partial charge in [0.2, 0.25) is 0 Å². The van der Waals surface area contributed by atoms with Crippen molar-refractivity contribution in [1.29, 1.82) is 0 Å². The van der Waals surface area contributed by atoms with Crippen LogP contribution in [0.2, 0.25) is 0 Å². The predicted molar refractivity (Wildman–Crippen MR) is 62.6 cm³/mol. The van der Waals surface area contributed by atoms with Crippen LogP contribution in [0.1, 0.15) is 15.9 Å². The van der Waals surface area contributed by atoms with E-state index >= 15 is 0 Å². The minimum absolute atomic E-state index is 0.189. The average molecular weight is 257 g/mol. The van der Waals surface area contributed by atoms with E-state index in [1.807, 2.05) is 0 Å². The highest BCUT2D eigenvalue weighted by atomic mass is 19.1. The summed E-state index contributed by atoms with van der Waals surface area (Å²) in [6, 6.07) is 3.79. The number of benzene rings is 1. The fraction of sp³-hybridized carbons (Fsp3) is 0.417. The molecule has 0 saturated carbocycles. The summed E-state index contributed by atoms with van der Waals surface area (Å²) in [5.41, 5.74) is -0.988. The van der Waals surface area contributed by atoms with E-state index < -0.39 is 37.1 Å². The Morgan fingerprint density at radius 2 is 1.83 bits per heavy atom. The van der Waals surface area contributed by atoms with Crippen LogP contribution in [0.25, 0.3) is 0 Å². The van der Waals surface area contributed by atoms with E-state index in [0.29, 0.717) is 5.56 Å². The van der Waals surface area contributed by atoms with Crippen LogP contribution in [-0.2, 0) is 0 Å². The Kier molecular flexibility index (Phi) is 4.77. The van der Waals surface area contributed by atoms with Gasteiger partial charge in [-0.3, -0.25) is 4.79 Å². The van der Waals surface area contributed by atoms with Crippen LogP contribution in [-0.4, -0.2) is 46.6 Å². The second kappa shape index (κ2) is 5.90. The smallest absolute Gasteiger partial charge is 0.251 e. The molecule has 1 aromatic carbocycles. The largest absolute Gasteiger partial charge is 0.394 e. The molecule has 5 nitrogen and oxygen atoms in total. The number of aliphatic hydroxyl groups is 3. The number of carbonyl (C=O) groups is 1. The first-order chi connectivity index (χ1) is 8.48. The van der Waals surface area contributed by atoms with Gasteiger partial charge in [0.25, 0.3) is 5.91 Å². The number of aryl methyl sites for hydroxylation is 1. The van der Waals surface area contributed by atoms with Gasteiger partial charge in [-0.15, -0.1) is 0 Å². The van der Waals surface area contributed by atoms with Gasteiger partial charge in [0.05, 0.1) is 19.8 Å². The third-order valence-corrected chi connectivity index (χ3v) is 2.71. The zero-order valence-corrected chi connectivity index (χ0v) is 9.98. The molecule has 0 aliphatic heterocycles. The van der Waals surface area contributed by atoms with E-state index in [1.165, 1.54) is 19.1 Å². The van der Waals surface area contributed by atoms with Crippen LogP contribution < -0.4 is 5.32 Å². The highest BCUT2D eigenvalue weighted by molar-refractivity contribution is 5.94. The number of hydrogen-bond acceptors (Lipinski definition) is 4. The first-order valence-electron chi connectivity index (χ1n) is 5.39. The van der Waals surface area contributed by atoms with Crippen LogP contribution in [0.5, 0.6) is 0 Å². The third kappa shape index (κ3) is 3.04. The van der Waals surface area contributed by atoms with Crippen molar-refractivity contribution < 1.29 is 24.5 Å². The molecule has 0 radical (unpaired) electrons. The SMILES string of the molecule is Cc1cc(C(=O)NC(CO)(CO)CO)ccc1F. The Morgan fingerprint density at radius 1 is 1.28 bits per heavy atom. The molecule has 18 heavy (non-hydrogen) atoms. The van der Waals surface area contributed by atoms with E-state index in [4.69, 9.17) is 15.3 Å². The number of amides is 1. The van der Waals surface area contributed by atoms with Crippen molar-refractivity contribution in [3.05, 3.63) is 35.1 Å². The van der Waals surface area contributed by atoms with Crippen LogP contribution in [0.15, 0.2) is 18.2 Å². The van der Waals surface area contributed by atoms with Crippen LogP contribution in [0.3, 0.4) is 0 Å². The molecule has 0 unspecified atom stereocenters. The zero-order chi connectivity index (χ0) is 13.8. The molecular formula is C12H16FNO4. The van der Waals surface area contributed by atoms with Crippen LogP contribution >= 0.6 is 0 Å². The molecule has 100 valence electrons. The Bertz CT molecular complexity index is 424. The van der Waals surface area contributed by atoms with Crippen LogP contribution in [0, 0.1) is 12.7 Å². The van der Waals surface area contributed by atoms with E-state index in [-0.39, 0.29) is 5.56 Å². The molecule has 0 aliphatic rings. The van der Waals surface area contributed by atoms with Crippen molar-refractivity contribution in [2.75, 3.05) is 19.8 Å². The number of nitrogens with one attached hydrogen (secondary N) is 1. The highest BCUT2D eigenvalue weighted by Crippen LogP contribution is 2.11. The molecule has 0 atom stereocenters. The zero-order valence-electron chi connectivity index (χ0n) is 9.98. The number of halogens is 1. The lowest BCUT2D eigenvalue weighted by Gasteiger charge is -2.28. The van der Waals surface area contributed by atoms with Crippen LogP contribution in [0.4, 0.5) is 4.39 Å². The van der Waals surface area contributed by atoms with E-state index in [9.17, 15) is 9.18 Å². The second-order valence-electron chi connectivity index (χ2n) is 4.17.